The molecule has 2 aromatic rings. The summed E-state index contributed by atoms with van der Waals surface area (Å²) in [5, 5.41) is 15.1. The molecule has 1 saturated heterocycles. The summed E-state index contributed by atoms with van der Waals surface area (Å²) < 4.78 is 0. The quantitative estimate of drug-likeness (QED) is 0.887. The van der Waals surface area contributed by atoms with Crippen molar-refractivity contribution >= 4 is 35.7 Å². The van der Waals surface area contributed by atoms with E-state index >= 15 is 0 Å². The summed E-state index contributed by atoms with van der Waals surface area (Å²) in [5.41, 5.74) is 3.03. The fourth-order valence-electron chi connectivity index (χ4n) is 3.04. The van der Waals surface area contributed by atoms with Gasteiger partial charge < -0.3 is 10.4 Å². The average Bonchev–Trinajstić information content (AvgIpc) is 3.00. The normalized spacial score (nSPS) is 18.5. The first-order chi connectivity index (χ1) is 9.79. The van der Waals surface area contributed by atoms with Gasteiger partial charge in [0, 0.05) is 22.7 Å². The summed E-state index contributed by atoms with van der Waals surface area (Å²) in [6.45, 7) is 3.16. The molecule has 1 aromatic heterocycles. The minimum Gasteiger partial charge on any atom is -0.387 e. The molecule has 5 heteroatoms. The van der Waals surface area contributed by atoms with Crippen molar-refractivity contribution in [3.05, 3.63) is 41.6 Å². The van der Waals surface area contributed by atoms with Crippen LogP contribution in [0.1, 0.15) is 43.5 Å². The monoisotopic (exact) mass is 342 g/mol. The molecule has 122 valence electrons. The maximum Gasteiger partial charge on any atom is 0.0963 e. The van der Waals surface area contributed by atoms with Crippen molar-refractivity contribution in [3.63, 3.8) is 0 Å². The van der Waals surface area contributed by atoms with Gasteiger partial charge in [0.2, 0.25) is 0 Å². The molecule has 0 aliphatic carbocycles. The lowest BCUT2D eigenvalue weighted by molar-refractivity contribution is 0.139. The van der Waals surface area contributed by atoms with Gasteiger partial charge in [-0.25, -0.2) is 0 Å². The maximum atomic E-state index is 10.6. The Morgan fingerprint density at radius 2 is 2.09 bits per heavy atom. The van der Waals surface area contributed by atoms with Crippen molar-refractivity contribution in [3.8, 4) is 0 Å². The summed E-state index contributed by atoms with van der Waals surface area (Å²) in [5.74, 6) is 0. The van der Waals surface area contributed by atoms with E-state index in [9.17, 15) is 5.11 Å². The first kappa shape index (κ1) is 19.2. The molecule has 0 bridgehead atoms. The van der Waals surface area contributed by atoms with E-state index < -0.39 is 6.10 Å². The van der Waals surface area contributed by atoms with Gasteiger partial charge in [-0.3, -0.25) is 4.98 Å². The van der Waals surface area contributed by atoms with Crippen molar-refractivity contribution in [1.29, 1.82) is 0 Å². The van der Waals surface area contributed by atoms with Crippen molar-refractivity contribution in [2.24, 2.45) is 0 Å². The molecular weight excluding hydrogens is 319 g/mol. The van der Waals surface area contributed by atoms with Crippen LogP contribution < -0.4 is 5.32 Å². The van der Waals surface area contributed by atoms with Gasteiger partial charge in [-0.15, -0.1) is 24.8 Å². The van der Waals surface area contributed by atoms with Crippen LogP contribution in [-0.2, 0) is 6.42 Å². The number of hydrogen-bond acceptors (Lipinski definition) is 3. The number of benzene rings is 1. The van der Waals surface area contributed by atoms with Crippen molar-refractivity contribution in [2.75, 3.05) is 6.54 Å². The van der Waals surface area contributed by atoms with Crippen LogP contribution in [0.3, 0.4) is 0 Å². The Balaban J connectivity index is 0.00000121. The van der Waals surface area contributed by atoms with E-state index in [-0.39, 0.29) is 30.9 Å². The number of aryl methyl sites for hydroxylation is 1. The highest BCUT2D eigenvalue weighted by Gasteiger charge is 2.25. The van der Waals surface area contributed by atoms with E-state index in [0.717, 1.165) is 54.4 Å². The number of halogens is 2. The Labute approximate surface area is 144 Å². The fourth-order valence-corrected chi connectivity index (χ4v) is 3.04. The Morgan fingerprint density at radius 3 is 2.77 bits per heavy atom. The molecular formula is C17H24Cl2N2O. The fraction of sp³-hybridized carbons (Fsp3) is 0.471. The highest BCUT2D eigenvalue weighted by molar-refractivity contribution is 5.85. The van der Waals surface area contributed by atoms with Gasteiger partial charge >= 0.3 is 0 Å². The van der Waals surface area contributed by atoms with Gasteiger partial charge in [0.05, 0.1) is 11.6 Å². The van der Waals surface area contributed by atoms with Gasteiger partial charge in [0.25, 0.3) is 0 Å². The van der Waals surface area contributed by atoms with Crippen LogP contribution in [0.15, 0.2) is 30.3 Å². The SMILES string of the molecule is CCCc1ccc2cccc(C(O)C3CCCN3)c2n1.Cl.Cl. The molecule has 2 N–H and O–H groups in total. The second kappa shape index (κ2) is 8.68. The third-order valence-corrected chi connectivity index (χ3v) is 4.11. The molecule has 0 radical (unpaired) electrons. The molecule has 0 saturated carbocycles. The lowest BCUT2D eigenvalue weighted by atomic mass is 9.98. The zero-order valence-corrected chi connectivity index (χ0v) is 14.4. The largest absolute Gasteiger partial charge is 0.387 e. The second-order valence-electron chi connectivity index (χ2n) is 5.62. The van der Waals surface area contributed by atoms with Crippen LogP contribution in [0.4, 0.5) is 0 Å². The maximum absolute atomic E-state index is 10.6. The third kappa shape index (κ3) is 3.90. The number of nitrogens with one attached hydrogen (secondary N) is 1. The van der Waals surface area contributed by atoms with Crippen LogP contribution >= 0.6 is 24.8 Å². The summed E-state index contributed by atoms with van der Waals surface area (Å²) >= 11 is 0. The van der Waals surface area contributed by atoms with Gasteiger partial charge in [0.15, 0.2) is 0 Å². The Kier molecular flexibility index (Phi) is 7.57. The van der Waals surface area contributed by atoms with E-state index in [1.54, 1.807) is 0 Å². The van der Waals surface area contributed by atoms with Crippen molar-refractivity contribution in [2.45, 2.75) is 44.8 Å². The number of fused-ring (bicyclic) bond motifs is 1. The number of aromatic nitrogens is 1. The van der Waals surface area contributed by atoms with E-state index in [0.29, 0.717) is 0 Å². The molecule has 1 aliphatic heterocycles. The number of aliphatic hydroxyl groups is 1. The first-order valence-corrected chi connectivity index (χ1v) is 7.59. The van der Waals surface area contributed by atoms with Gasteiger partial charge in [-0.1, -0.05) is 37.6 Å². The Bertz CT molecular complexity index is 600. The van der Waals surface area contributed by atoms with Crippen LogP contribution in [0.2, 0.25) is 0 Å². The third-order valence-electron chi connectivity index (χ3n) is 4.11. The molecule has 1 aliphatic rings. The molecule has 1 fully saturated rings. The second-order valence-corrected chi connectivity index (χ2v) is 5.62. The minimum absolute atomic E-state index is 0. The van der Waals surface area contributed by atoms with Crippen LogP contribution in [0.5, 0.6) is 0 Å². The number of para-hydroxylation sites is 1. The van der Waals surface area contributed by atoms with E-state index in [1.807, 2.05) is 12.1 Å². The highest BCUT2D eigenvalue weighted by Crippen LogP contribution is 2.28. The van der Waals surface area contributed by atoms with Gasteiger partial charge in [-0.2, -0.15) is 0 Å². The minimum atomic E-state index is -0.467. The molecule has 2 atom stereocenters. The molecule has 1 aromatic carbocycles. The topological polar surface area (TPSA) is 45.1 Å². The molecule has 2 heterocycles. The number of aliphatic hydroxyl groups excluding tert-OH is 1. The highest BCUT2D eigenvalue weighted by atomic mass is 35.5. The van der Waals surface area contributed by atoms with Crippen LogP contribution in [0.25, 0.3) is 10.9 Å². The molecule has 3 nitrogen and oxygen atoms in total. The van der Waals surface area contributed by atoms with Gasteiger partial charge in [0.1, 0.15) is 0 Å². The summed E-state index contributed by atoms with van der Waals surface area (Å²) in [6, 6.07) is 10.5. The molecule has 0 spiro atoms. The summed E-state index contributed by atoms with van der Waals surface area (Å²) in [4.78, 5) is 4.77. The first-order valence-electron chi connectivity index (χ1n) is 7.59. The molecule has 0 amide bonds. The van der Waals surface area contributed by atoms with Crippen LogP contribution in [0, 0.1) is 0 Å². The zero-order chi connectivity index (χ0) is 13.9. The Hall–Kier alpha value is -0.870. The van der Waals surface area contributed by atoms with E-state index in [1.165, 1.54) is 0 Å². The number of rotatable bonds is 4. The van der Waals surface area contributed by atoms with Gasteiger partial charge in [-0.05, 0) is 31.9 Å². The smallest absolute Gasteiger partial charge is 0.0963 e. The lowest BCUT2D eigenvalue weighted by Gasteiger charge is -2.20. The standard InChI is InChI=1S/C17H22N2O.2ClH/c1-2-5-13-10-9-12-6-3-7-14(16(12)19-13)17(20)15-8-4-11-18-15;;/h3,6-7,9-10,15,17-18,20H,2,4-5,8,11H2,1H3;2*1H. The van der Waals surface area contributed by atoms with E-state index in [2.05, 4.69) is 30.4 Å². The van der Waals surface area contributed by atoms with Crippen molar-refractivity contribution in [1.82, 2.24) is 10.3 Å². The molecule has 2 unspecified atom stereocenters. The summed E-state index contributed by atoms with van der Waals surface area (Å²) in [6.07, 6.45) is 3.79. The molecule has 3 rings (SSSR count). The lowest BCUT2D eigenvalue weighted by Crippen LogP contribution is -2.28. The number of nitrogens with zero attached hydrogens (tertiary/aromatic N) is 1. The predicted molar refractivity (Wildman–Crippen MR) is 96.2 cm³/mol. The summed E-state index contributed by atoms with van der Waals surface area (Å²) in [7, 11) is 0. The Morgan fingerprint density at radius 1 is 1.27 bits per heavy atom. The van der Waals surface area contributed by atoms with E-state index in [4.69, 9.17) is 4.98 Å². The number of pyridine rings is 1. The van der Waals surface area contributed by atoms with Crippen LogP contribution in [-0.4, -0.2) is 22.7 Å². The average molecular weight is 343 g/mol. The predicted octanol–water partition coefficient (Wildman–Crippen LogP) is 3.82. The van der Waals surface area contributed by atoms with Crippen molar-refractivity contribution < 1.29 is 5.11 Å². The molecule has 22 heavy (non-hydrogen) atoms. The zero-order valence-electron chi connectivity index (χ0n) is 12.8. The number of hydrogen-bond donors (Lipinski definition) is 2.